The molecule has 4 aliphatic heterocycles. The molecule has 0 aliphatic carbocycles. The van der Waals surface area contributed by atoms with Crippen LogP contribution in [0.4, 0.5) is 5.69 Å². The maximum atomic E-state index is 6.07. The minimum Gasteiger partial charge on any atom is -0.300 e. The quantitative estimate of drug-likeness (QED) is 0.869. The Bertz CT molecular complexity index is 791. The molecule has 4 saturated heterocycles. The summed E-state index contributed by atoms with van der Waals surface area (Å²) in [7, 11) is 0. The molecular formula is C18H21N3OS. The summed E-state index contributed by atoms with van der Waals surface area (Å²) < 4.78 is 1.33. The third kappa shape index (κ3) is 2.30. The lowest BCUT2D eigenvalue weighted by molar-refractivity contribution is -0.150. The van der Waals surface area contributed by atoms with Crippen LogP contribution in [0.15, 0.2) is 29.3 Å². The van der Waals surface area contributed by atoms with Crippen molar-refractivity contribution in [2.24, 2.45) is 10.9 Å². The highest BCUT2D eigenvalue weighted by atomic mass is 32.1. The minimum atomic E-state index is -0.0433. The normalized spacial score (nSPS) is 34.6. The van der Waals surface area contributed by atoms with Crippen LogP contribution in [0, 0.1) is 12.8 Å². The monoisotopic (exact) mass is 327 g/mol. The van der Waals surface area contributed by atoms with Gasteiger partial charge in [0.15, 0.2) is 0 Å². The fraction of sp³-hybridized carbons (Fsp3) is 0.500. The average molecular weight is 327 g/mol. The van der Waals surface area contributed by atoms with E-state index in [1.54, 1.807) is 0 Å². The van der Waals surface area contributed by atoms with Crippen LogP contribution < -0.4 is 5.48 Å². The number of piperidine rings is 3. The Morgan fingerprint density at radius 1 is 1.30 bits per heavy atom. The van der Waals surface area contributed by atoms with Crippen LogP contribution >= 0.6 is 11.3 Å². The molecule has 4 aliphatic rings. The molecule has 0 radical (unpaired) electrons. The molecule has 6 rings (SSSR count). The van der Waals surface area contributed by atoms with Gasteiger partial charge in [-0.3, -0.25) is 10.3 Å². The molecule has 5 heteroatoms. The summed E-state index contributed by atoms with van der Waals surface area (Å²) in [6.07, 6.45) is 3.43. The van der Waals surface area contributed by atoms with E-state index >= 15 is 0 Å². The number of nitrogens with zero attached hydrogens (tertiary/aromatic N) is 2. The molecule has 23 heavy (non-hydrogen) atoms. The van der Waals surface area contributed by atoms with Crippen LogP contribution in [0.1, 0.15) is 24.1 Å². The largest absolute Gasteiger partial charge is 0.300 e. The summed E-state index contributed by atoms with van der Waals surface area (Å²) in [5.41, 5.74) is 4.10. The van der Waals surface area contributed by atoms with E-state index in [1.165, 1.54) is 40.9 Å². The number of aryl methyl sites for hydroxylation is 1. The minimum absolute atomic E-state index is 0.0433. The van der Waals surface area contributed by atoms with Crippen LogP contribution in [0.2, 0.25) is 0 Å². The van der Waals surface area contributed by atoms with Crippen molar-refractivity contribution in [2.75, 3.05) is 19.6 Å². The first-order valence-electron chi connectivity index (χ1n) is 8.44. The van der Waals surface area contributed by atoms with Crippen molar-refractivity contribution in [3.8, 4) is 0 Å². The maximum absolute atomic E-state index is 6.07. The van der Waals surface area contributed by atoms with Gasteiger partial charge in [0, 0.05) is 22.5 Å². The Hall–Kier alpha value is -1.43. The van der Waals surface area contributed by atoms with E-state index in [1.807, 2.05) is 11.3 Å². The van der Waals surface area contributed by atoms with Crippen molar-refractivity contribution in [2.45, 2.75) is 31.8 Å². The average Bonchev–Trinajstić information content (AvgIpc) is 3.11. The summed E-state index contributed by atoms with van der Waals surface area (Å²) >= 11 is 1.83. The molecule has 1 aromatic carbocycles. The maximum Gasteiger partial charge on any atom is 0.129 e. The molecule has 2 aromatic rings. The van der Waals surface area contributed by atoms with Gasteiger partial charge >= 0.3 is 0 Å². The number of rotatable bonds is 1. The zero-order chi connectivity index (χ0) is 15.4. The number of benzene rings is 1. The van der Waals surface area contributed by atoms with Crippen molar-refractivity contribution < 1.29 is 4.84 Å². The number of hydrogen-bond acceptors (Lipinski definition) is 4. The highest BCUT2D eigenvalue weighted by Gasteiger charge is 2.52. The lowest BCUT2D eigenvalue weighted by atomic mass is 9.74. The zero-order valence-corrected chi connectivity index (χ0v) is 14.2. The molecule has 4 fully saturated rings. The highest BCUT2D eigenvalue weighted by Crippen LogP contribution is 2.42. The van der Waals surface area contributed by atoms with E-state index in [4.69, 9.17) is 9.83 Å². The van der Waals surface area contributed by atoms with Crippen molar-refractivity contribution in [1.29, 1.82) is 0 Å². The SMILES string of the molecule is Cc1cc2cc(N=C3CC4(CN5CCC4CC5)ON3)ccc2s1. The first-order valence-corrected chi connectivity index (χ1v) is 9.26. The third-order valence-electron chi connectivity index (χ3n) is 5.55. The second kappa shape index (κ2) is 5.03. The molecule has 4 nitrogen and oxygen atoms in total. The van der Waals surface area contributed by atoms with Gasteiger partial charge in [0.05, 0.1) is 5.69 Å². The Balaban J connectivity index is 1.42. The molecule has 0 saturated carbocycles. The van der Waals surface area contributed by atoms with E-state index < -0.39 is 0 Å². The Labute approximate surface area is 140 Å². The molecule has 1 N–H and O–H groups in total. The fourth-order valence-electron chi connectivity index (χ4n) is 4.41. The summed E-state index contributed by atoms with van der Waals surface area (Å²) in [5, 5.41) is 1.28. The lowest BCUT2D eigenvalue weighted by Crippen LogP contribution is -2.59. The molecule has 1 spiro atoms. The second-order valence-corrected chi connectivity index (χ2v) is 8.42. The molecule has 2 bridgehead atoms. The van der Waals surface area contributed by atoms with E-state index in [2.05, 4.69) is 41.6 Å². The summed E-state index contributed by atoms with van der Waals surface area (Å²) in [6, 6.07) is 8.69. The third-order valence-corrected chi connectivity index (χ3v) is 6.58. The van der Waals surface area contributed by atoms with Gasteiger partial charge in [-0.25, -0.2) is 4.99 Å². The van der Waals surface area contributed by atoms with Crippen molar-refractivity contribution >= 4 is 32.9 Å². The van der Waals surface area contributed by atoms with Crippen LogP contribution in [0.25, 0.3) is 10.1 Å². The Morgan fingerprint density at radius 3 is 2.96 bits per heavy atom. The number of nitrogens with one attached hydrogen (secondary N) is 1. The fourth-order valence-corrected chi connectivity index (χ4v) is 5.31. The van der Waals surface area contributed by atoms with Crippen LogP contribution in [-0.4, -0.2) is 36.0 Å². The van der Waals surface area contributed by atoms with Crippen molar-refractivity contribution in [3.05, 3.63) is 29.1 Å². The van der Waals surface area contributed by atoms with Gasteiger partial charge in [-0.15, -0.1) is 11.3 Å². The first kappa shape index (κ1) is 14.0. The van der Waals surface area contributed by atoms with E-state index in [-0.39, 0.29) is 5.60 Å². The van der Waals surface area contributed by atoms with E-state index in [0.717, 1.165) is 24.5 Å². The number of hydrogen-bond donors (Lipinski definition) is 1. The standard InChI is InChI=1S/C18H21N3OS/c1-12-8-13-9-15(2-3-16(13)23-12)19-17-10-18(22-20-17)11-21-6-4-14(18)5-7-21/h2-3,8-9,14H,4-7,10-11H2,1H3,(H,19,20). The van der Waals surface area contributed by atoms with Gasteiger partial charge in [0.2, 0.25) is 0 Å². The smallest absolute Gasteiger partial charge is 0.129 e. The number of amidine groups is 1. The van der Waals surface area contributed by atoms with E-state index in [9.17, 15) is 0 Å². The molecule has 1 aromatic heterocycles. The predicted octanol–water partition coefficient (Wildman–Crippen LogP) is 3.63. The number of hydroxylamine groups is 1. The van der Waals surface area contributed by atoms with Gasteiger partial charge < -0.3 is 4.90 Å². The second-order valence-electron chi connectivity index (χ2n) is 7.13. The first-order chi connectivity index (χ1) is 11.2. The predicted molar refractivity (Wildman–Crippen MR) is 94.4 cm³/mol. The zero-order valence-electron chi connectivity index (χ0n) is 13.3. The summed E-state index contributed by atoms with van der Waals surface area (Å²) in [4.78, 5) is 14.8. The molecular weight excluding hydrogens is 306 g/mol. The lowest BCUT2D eigenvalue weighted by Gasteiger charge is -2.49. The van der Waals surface area contributed by atoms with E-state index in [0.29, 0.717) is 5.92 Å². The van der Waals surface area contributed by atoms with Gasteiger partial charge in [0.25, 0.3) is 0 Å². The number of aliphatic imine (C=N–C) groups is 1. The molecule has 120 valence electrons. The molecule has 0 amide bonds. The summed E-state index contributed by atoms with van der Waals surface area (Å²) in [5.74, 6) is 1.65. The molecule has 5 heterocycles. The highest BCUT2D eigenvalue weighted by molar-refractivity contribution is 7.19. The van der Waals surface area contributed by atoms with Crippen molar-refractivity contribution in [3.63, 3.8) is 0 Å². The van der Waals surface area contributed by atoms with Gasteiger partial charge in [-0.2, -0.15) is 0 Å². The van der Waals surface area contributed by atoms with Crippen LogP contribution in [0.3, 0.4) is 0 Å². The number of fused-ring (bicyclic) bond motifs is 3. The Morgan fingerprint density at radius 2 is 2.17 bits per heavy atom. The molecule has 1 unspecified atom stereocenters. The Kier molecular flexibility index (Phi) is 3.05. The summed E-state index contributed by atoms with van der Waals surface area (Å²) in [6.45, 7) is 5.67. The van der Waals surface area contributed by atoms with Gasteiger partial charge in [0.1, 0.15) is 11.4 Å². The number of thiophene rings is 1. The van der Waals surface area contributed by atoms with Gasteiger partial charge in [-0.05, 0) is 68.4 Å². The van der Waals surface area contributed by atoms with Crippen molar-refractivity contribution in [1.82, 2.24) is 10.4 Å². The van der Waals surface area contributed by atoms with Gasteiger partial charge in [-0.1, -0.05) is 0 Å². The van der Waals surface area contributed by atoms with Crippen LogP contribution in [-0.2, 0) is 4.84 Å². The topological polar surface area (TPSA) is 36.9 Å². The van der Waals surface area contributed by atoms with Crippen LogP contribution in [0.5, 0.6) is 0 Å². The molecule has 1 atom stereocenters.